The first kappa shape index (κ1) is 12.9. The molecule has 4 nitrogen and oxygen atoms in total. The summed E-state index contributed by atoms with van der Waals surface area (Å²) in [5, 5.41) is 2.96. The van der Waals surface area contributed by atoms with E-state index in [4.69, 9.17) is 5.73 Å². The van der Waals surface area contributed by atoms with Crippen LogP contribution in [0.3, 0.4) is 0 Å². The second-order valence-corrected chi connectivity index (χ2v) is 5.38. The number of halogens is 1. The van der Waals surface area contributed by atoms with Gasteiger partial charge in [0, 0.05) is 28.3 Å². The molecule has 0 heterocycles. The molecule has 0 aromatic heterocycles. The zero-order valence-corrected chi connectivity index (χ0v) is 12.2. The molecule has 0 unspecified atom stereocenters. The molecular weight excluding hydrogens is 320 g/mol. The van der Waals surface area contributed by atoms with Crippen LogP contribution in [0.5, 0.6) is 0 Å². The number of anilines is 2. The van der Waals surface area contributed by atoms with Crippen molar-refractivity contribution in [1.29, 1.82) is 0 Å². The minimum Gasteiger partial charge on any atom is -0.398 e. The second kappa shape index (κ2) is 4.45. The first-order valence-electron chi connectivity index (χ1n) is 6.04. The Morgan fingerprint density at radius 2 is 1.60 bits per heavy atom. The van der Waals surface area contributed by atoms with Gasteiger partial charge in [0.25, 0.3) is 0 Å². The zero-order valence-electron chi connectivity index (χ0n) is 10.7. The van der Waals surface area contributed by atoms with E-state index in [1.165, 1.54) is 0 Å². The number of nitrogens with one attached hydrogen (secondary N) is 1. The molecule has 0 radical (unpaired) electrons. The minimum absolute atomic E-state index is 0.187. The highest BCUT2D eigenvalue weighted by Crippen LogP contribution is 2.39. The largest absolute Gasteiger partial charge is 0.398 e. The molecule has 1 aliphatic rings. The Kier molecular flexibility index (Phi) is 2.87. The predicted octanol–water partition coefficient (Wildman–Crippen LogP) is 2.85. The first-order valence-corrected chi connectivity index (χ1v) is 6.83. The number of nitrogen functional groups attached to an aromatic ring is 1. The molecule has 3 rings (SSSR count). The summed E-state index contributed by atoms with van der Waals surface area (Å²) in [6.45, 7) is 0. The molecule has 0 fully saturated rings. The predicted molar refractivity (Wildman–Crippen MR) is 81.4 cm³/mol. The van der Waals surface area contributed by atoms with Crippen LogP contribution < -0.4 is 11.1 Å². The number of fused-ring (bicyclic) bond motifs is 2. The number of nitrogens with two attached hydrogens (primary N) is 1. The van der Waals surface area contributed by atoms with Crippen LogP contribution in [0, 0.1) is 0 Å². The summed E-state index contributed by atoms with van der Waals surface area (Å²) < 4.78 is 0.664. The zero-order chi connectivity index (χ0) is 14.4. The number of carbonyl (C=O) groups excluding carboxylic acids is 2. The quantitative estimate of drug-likeness (QED) is 0.673. The fourth-order valence-electron chi connectivity index (χ4n) is 2.53. The molecule has 0 spiro atoms. The van der Waals surface area contributed by atoms with Gasteiger partial charge in [0.15, 0.2) is 11.6 Å². The average molecular weight is 331 g/mol. The number of ketones is 2. The van der Waals surface area contributed by atoms with E-state index in [0.29, 0.717) is 32.5 Å². The lowest BCUT2D eigenvalue weighted by Crippen LogP contribution is -2.23. The molecule has 0 atom stereocenters. The fraction of sp³-hybridized carbons (Fsp3) is 0.0667. The van der Waals surface area contributed by atoms with Crippen molar-refractivity contribution in [1.82, 2.24) is 0 Å². The van der Waals surface area contributed by atoms with Gasteiger partial charge in [0.05, 0.1) is 16.8 Å². The summed E-state index contributed by atoms with van der Waals surface area (Å²) in [6, 6.07) is 8.44. The first-order chi connectivity index (χ1) is 9.56. The van der Waals surface area contributed by atoms with Gasteiger partial charge in [-0.2, -0.15) is 0 Å². The molecule has 0 saturated heterocycles. The number of hydrogen-bond donors (Lipinski definition) is 2. The summed E-state index contributed by atoms with van der Waals surface area (Å²) in [5.74, 6) is -0.399. The average Bonchev–Trinajstić information content (AvgIpc) is 2.44. The third kappa shape index (κ3) is 1.59. The highest BCUT2D eigenvalue weighted by atomic mass is 79.9. The van der Waals surface area contributed by atoms with E-state index in [9.17, 15) is 9.59 Å². The van der Waals surface area contributed by atoms with Crippen molar-refractivity contribution in [2.24, 2.45) is 0 Å². The summed E-state index contributed by atoms with van der Waals surface area (Å²) in [5.41, 5.74) is 8.27. The van der Waals surface area contributed by atoms with Crippen LogP contribution in [-0.2, 0) is 0 Å². The van der Waals surface area contributed by atoms with Gasteiger partial charge < -0.3 is 11.1 Å². The molecule has 0 aliphatic heterocycles. The normalized spacial score (nSPS) is 12.9. The van der Waals surface area contributed by atoms with Crippen LogP contribution in [0.2, 0.25) is 0 Å². The maximum Gasteiger partial charge on any atom is 0.196 e. The maximum atomic E-state index is 12.7. The lowest BCUT2D eigenvalue weighted by Gasteiger charge is -2.22. The third-order valence-electron chi connectivity index (χ3n) is 3.43. The van der Waals surface area contributed by atoms with E-state index in [0.717, 1.165) is 0 Å². The van der Waals surface area contributed by atoms with Crippen molar-refractivity contribution in [3.05, 3.63) is 57.1 Å². The van der Waals surface area contributed by atoms with E-state index in [-0.39, 0.29) is 17.1 Å². The van der Waals surface area contributed by atoms with Gasteiger partial charge in [-0.05, 0) is 22.0 Å². The minimum atomic E-state index is -0.211. The van der Waals surface area contributed by atoms with Crippen LogP contribution in [0.15, 0.2) is 34.8 Å². The highest BCUT2D eigenvalue weighted by Gasteiger charge is 2.34. The van der Waals surface area contributed by atoms with Crippen molar-refractivity contribution in [3.8, 4) is 0 Å². The molecule has 0 bridgehead atoms. The molecule has 100 valence electrons. The van der Waals surface area contributed by atoms with Gasteiger partial charge in [0.2, 0.25) is 0 Å². The van der Waals surface area contributed by atoms with E-state index in [2.05, 4.69) is 21.2 Å². The Balaban J connectivity index is 2.42. The molecule has 20 heavy (non-hydrogen) atoms. The van der Waals surface area contributed by atoms with Gasteiger partial charge >= 0.3 is 0 Å². The monoisotopic (exact) mass is 330 g/mol. The summed E-state index contributed by atoms with van der Waals surface area (Å²) in [6.07, 6.45) is 0. The summed E-state index contributed by atoms with van der Waals surface area (Å²) in [4.78, 5) is 25.2. The number of rotatable bonds is 1. The topological polar surface area (TPSA) is 72.2 Å². The molecule has 0 saturated carbocycles. The molecular formula is C15H11BrN2O2. The molecule has 2 aromatic rings. The van der Waals surface area contributed by atoms with Crippen LogP contribution in [0.4, 0.5) is 11.4 Å². The van der Waals surface area contributed by atoms with Crippen molar-refractivity contribution in [2.75, 3.05) is 18.1 Å². The Hall–Kier alpha value is -2.14. The molecule has 2 aromatic carbocycles. The van der Waals surface area contributed by atoms with E-state index >= 15 is 0 Å². The van der Waals surface area contributed by atoms with Crippen LogP contribution in [0.1, 0.15) is 31.8 Å². The fourth-order valence-corrected chi connectivity index (χ4v) is 3.18. The van der Waals surface area contributed by atoms with Crippen molar-refractivity contribution in [3.63, 3.8) is 0 Å². The Morgan fingerprint density at radius 1 is 1.05 bits per heavy atom. The van der Waals surface area contributed by atoms with Gasteiger partial charge in [0.1, 0.15) is 0 Å². The SMILES string of the molecule is CNc1c(Br)cc(N)c2c1C(=O)c1ccccc1C2=O. The third-order valence-corrected chi connectivity index (χ3v) is 4.06. The molecule has 1 aliphatic carbocycles. The van der Waals surface area contributed by atoms with E-state index < -0.39 is 0 Å². The second-order valence-electron chi connectivity index (χ2n) is 4.53. The van der Waals surface area contributed by atoms with Gasteiger partial charge in [-0.25, -0.2) is 0 Å². The van der Waals surface area contributed by atoms with Crippen molar-refractivity contribution >= 4 is 38.9 Å². The lowest BCUT2D eigenvalue weighted by atomic mass is 9.82. The maximum absolute atomic E-state index is 12.7. The summed E-state index contributed by atoms with van der Waals surface area (Å²) >= 11 is 3.37. The van der Waals surface area contributed by atoms with Gasteiger partial charge in [-0.3, -0.25) is 9.59 Å². The number of hydrogen-bond acceptors (Lipinski definition) is 4. The van der Waals surface area contributed by atoms with Gasteiger partial charge in [-0.15, -0.1) is 0 Å². The van der Waals surface area contributed by atoms with Gasteiger partial charge in [-0.1, -0.05) is 24.3 Å². The Bertz CT molecular complexity index is 769. The smallest absolute Gasteiger partial charge is 0.196 e. The van der Waals surface area contributed by atoms with Crippen LogP contribution >= 0.6 is 15.9 Å². The highest BCUT2D eigenvalue weighted by molar-refractivity contribution is 9.10. The number of benzene rings is 2. The molecule has 5 heteroatoms. The molecule has 3 N–H and O–H groups in total. The lowest BCUT2D eigenvalue weighted by molar-refractivity contribution is 0.0980. The number of carbonyl (C=O) groups is 2. The van der Waals surface area contributed by atoms with E-state index in [1.54, 1.807) is 37.4 Å². The standard InChI is InChI=1S/C15H11BrN2O2/c1-18-13-9(16)6-10(17)11-12(13)15(20)8-5-3-2-4-7(8)14(11)19/h2-6,18H,17H2,1H3. The Morgan fingerprint density at radius 3 is 2.15 bits per heavy atom. The van der Waals surface area contributed by atoms with Crippen molar-refractivity contribution < 1.29 is 9.59 Å². The van der Waals surface area contributed by atoms with Crippen LogP contribution in [-0.4, -0.2) is 18.6 Å². The Labute approximate surface area is 124 Å². The summed E-state index contributed by atoms with van der Waals surface area (Å²) in [7, 11) is 1.70. The molecule has 0 amide bonds. The van der Waals surface area contributed by atoms with Crippen molar-refractivity contribution in [2.45, 2.75) is 0 Å². The van der Waals surface area contributed by atoms with Crippen LogP contribution in [0.25, 0.3) is 0 Å². The van der Waals surface area contributed by atoms with E-state index in [1.807, 2.05) is 0 Å².